The van der Waals surface area contributed by atoms with Gasteiger partial charge in [-0.05, 0) is 369 Å². The number of nitrogens with zero attached hydrogens (tertiary/aromatic N) is 10. The van der Waals surface area contributed by atoms with Gasteiger partial charge in [-0.2, -0.15) is 0 Å². The van der Waals surface area contributed by atoms with E-state index in [1.54, 1.807) is 5.56 Å². The van der Waals surface area contributed by atoms with Crippen molar-refractivity contribution in [2.24, 2.45) is 7.05 Å². The van der Waals surface area contributed by atoms with E-state index in [9.17, 15) is 13.2 Å². The molecule has 24 heteroatoms. The van der Waals surface area contributed by atoms with Gasteiger partial charge < -0.3 is 104 Å². The fourth-order valence-corrected chi connectivity index (χ4v) is 22.9. The molecule has 7 N–H and O–H groups in total. The lowest BCUT2D eigenvalue weighted by atomic mass is 9.89. The molecule has 7 aliphatic heterocycles. The lowest BCUT2D eigenvalue weighted by Gasteiger charge is -2.34. The van der Waals surface area contributed by atoms with Crippen LogP contribution in [0.4, 0.5) is 64.4 Å². The Hall–Kier alpha value is -12.2. The van der Waals surface area contributed by atoms with Crippen molar-refractivity contribution < 1.29 is 32.1 Å². The number of aromatic amines is 4. The van der Waals surface area contributed by atoms with Crippen molar-refractivity contribution in [1.29, 1.82) is 0 Å². The van der Waals surface area contributed by atoms with Crippen molar-refractivity contribution >= 4 is 106 Å². The maximum Gasteiger partial charge on any atom is 0.163 e. The molecule has 12 heterocycles. The SMILES string of the molecule is CN(C)C1CCc2[nH]c3ccc(Cc4ccc(N5CCOCC5)cc4)cc3c2C1.CN1CCC(c2c[nH]c3cc(Nc4cc(F)c(F)cc4F)ccc23)CC1.CN1CCC(c2c[nH]c3cc(Nc4ccc5c(c4)OCCCO5)ccc23)CC1.CN1CCC(c2cn(C)c3cc(Nc4cccc(N5CCOCC5)c4)ccc23)CC1.CN1CCN(c2ccc(Cc3ccc4[nH]c5c(c4c3)CC(N(C)C)CC5)cc2)CC1. The Morgan fingerprint density at radius 2 is 0.783 bits per heavy atom. The molecule has 6 saturated heterocycles. The van der Waals surface area contributed by atoms with Gasteiger partial charge in [-0.25, -0.2) is 13.2 Å². The van der Waals surface area contributed by atoms with Gasteiger partial charge in [0, 0.05) is 221 Å². The van der Waals surface area contributed by atoms with Crippen LogP contribution >= 0.6 is 0 Å². The first-order valence-electron chi connectivity index (χ1n) is 52.3. The van der Waals surface area contributed by atoms with Gasteiger partial charge in [-0.15, -0.1) is 0 Å². The summed E-state index contributed by atoms with van der Waals surface area (Å²) in [7, 11) is 19.8. The van der Waals surface area contributed by atoms with Gasteiger partial charge in [0.1, 0.15) is 5.82 Å². The second-order valence-corrected chi connectivity index (χ2v) is 41.9. The number of halogens is 3. The Morgan fingerprint density at radius 1 is 0.350 bits per heavy atom. The highest BCUT2D eigenvalue weighted by Crippen LogP contribution is 2.43. The van der Waals surface area contributed by atoms with Crippen molar-refractivity contribution in [3.63, 3.8) is 0 Å². The van der Waals surface area contributed by atoms with Gasteiger partial charge in [0.25, 0.3) is 0 Å². The van der Waals surface area contributed by atoms with E-state index in [1.807, 2.05) is 42.6 Å². The Balaban J connectivity index is 0.000000109. The van der Waals surface area contributed by atoms with Crippen LogP contribution in [0.1, 0.15) is 137 Å². The first-order chi connectivity index (χ1) is 69.7. The minimum atomic E-state index is -1.20. The first kappa shape index (κ1) is 98.2. The van der Waals surface area contributed by atoms with E-state index >= 15 is 0 Å². The smallest absolute Gasteiger partial charge is 0.163 e. The Bertz CT molecular complexity index is 6820. The monoisotopic (exact) mass is 1930 g/mol. The summed E-state index contributed by atoms with van der Waals surface area (Å²) in [6.07, 6.45) is 23.9. The Labute approximate surface area is 841 Å². The van der Waals surface area contributed by atoms with Crippen LogP contribution in [-0.4, -0.2) is 254 Å². The number of piperazine rings is 1. The number of fused-ring (bicyclic) bond motifs is 10. The minimum absolute atomic E-state index is 0.0923. The molecule has 15 aromatic rings. The highest BCUT2D eigenvalue weighted by molar-refractivity contribution is 5.92. The third-order valence-corrected chi connectivity index (χ3v) is 31.6. The zero-order chi connectivity index (χ0) is 98.1. The van der Waals surface area contributed by atoms with Crippen LogP contribution in [0.2, 0.25) is 0 Å². The van der Waals surface area contributed by atoms with Crippen LogP contribution in [0.3, 0.4) is 0 Å². The summed E-state index contributed by atoms with van der Waals surface area (Å²) in [5.41, 5.74) is 30.6. The van der Waals surface area contributed by atoms with E-state index in [4.69, 9.17) is 18.9 Å². The number of hydrogen-bond donors (Lipinski definition) is 7. The number of aryl methyl sites for hydroxylation is 3. The number of rotatable bonds is 18. The highest BCUT2D eigenvalue weighted by atomic mass is 19.2. The zero-order valence-electron chi connectivity index (χ0n) is 85.1. The predicted molar refractivity (Wildman–Crippen MR) is 582 cm³/mol. The number of ether oxygens (including phenoxy) is 4. The number of likely N-dealkylation sites (N-methyl/N-ethyl adjacent to an activating group) is 3. The first-order valence-corrected chi connectivity index (χ1v) is 52.3. The number of likely N-dealkylation sites (tertiary alicyclic amines) is 3. The summed E-state index contributed by atoms with van der Waals surface area (Å²) < 4.78 is 65.0. The quantitative estimate of drug-likeness (QED) is 0.0405. The molecule has 0 spiro atoms. The Kier molecular flexibility index (Phi) is 30.9. The lowest BCUT2D eigenvalue weighted by Crippen LogP contribution is -2.44. The number of morpholine rings is 2. The molecule has 0 amide bonds. The fourth-order valence-electron chi connectivity index (χ4n) is 22.9. The van der Waals surface area contributed by atoms with Gasteiger partial charge in [0.2, 0.25) is 0 Å². The number of anilines is 9. The lowest BCUT2D eigenvalue weighted by molar-refractivity contribution is 0.122. The standard InChI is InChI=1S/C26H34N4.C25H32N4O.C25H31N3O.C23H27N3O2.C20H20F3N3/c1-28(2)22-9-11-26-24(18-22)23-17-20(6-10-25(23)27-26)16-19-4-7-21(8-5-19)30-14-12-29(3)13-15-30;1-27-10-8-19(9-11-27)24-18-28(2)25-17-21(6-7-23(24)25)26-20-4-3-5-22(16-20)29-12-14-30-15-13-29;1-27(2)21-8-10-25-23(17-21)22-16-19(5-9-24(22)26-25)15-18-3-6-20(7-4-18)28-11-13-29-14-12-28;1-26-9-7-16(8-10-26)20-15-24-21-13-17(3-5-19(20)21)25-18-4-6-22-23(14-18)28-12-2-11-27-22;1-26-6-4-12(5-7-26)15-11-24-19-8-13(2-3-14(15)19)25-20-10-17(22)16(21)9-18(20)23/h4-8,10,17,22,27H,9,11-16,18H2,1-3H3;3-7,16-19,26H,8-15H2,1-2H3;3-7,9,16,21,26H,8,10-15,17H2,1-2H3;3-6,13-16,24-25H,2,7-12H2,1H3;2-3,8-12,24-25H,4-7H2,1H3. The molecule has 0 saturated carbocycles. The molecule has 10 aromatic carbocycles. The number of hydrogen-bond acceptors (Lipinski definition) is 16. The third-order valence-electron chi connectivity index (χ3n) is 31.6. The molecule has 0 radical (unpaired) electrons. The summed E-state index contributed by atoms with van der Waals surface area (Å²) >= 11 is 0. The molecule has 143 heavy (non-hydrogen) atoms. The van der Waals surface area contributed by atoms with E-state index in [2.05, 4.69) is 306 Å². The van der Waals surface area contributed by atoms with Crippen molar-refractivity contribution in [3.05, 3.63) is 292 Å². The number of piperidine rings is 3. The number of H-pyrrole nitrogens is 4. The largest absolute Gasteiger partial charge is 0.490 e. The molecule has 6 fully saturated rings. The van der Waals surface area contributed by atoms with Gasteiger partial charge >= 0.3 is 0 Å². The predicted octanol–water partition coefficient (Wildman–Crippen LogP) is 22.5. The molecule has 21 nitrogen and oxygen atoms in total. The van der Waals surface area contributed by atoms with E-state index in [0.717, 1.165) is 201 Å². The molecule has 750 valence electrons. The summed E-state index contributed by atoms with van der Waals surface area (Å²) in [6, 6.07) is 68.8. The number of benzene rings is 10. The summed E-state index contributed by atoms with van der Waals surface area (Å²) in [5, 5.41) is 16.7. The molecule has 9 aliphatic rings. The van der Waals surface area contributed by atoms with Crippen LogP contribution in [0.15, 0.2) is 213 Å². The van der Waals surface area contributed by atoms with E-state index in [1.165, 1.54) is 181 Å². The molecule has 2 atom stereocenters. The molecule has 2 aliphatic carbocycles. The normalized spacial score (nSPS) is 18.7. The third kappa shape index (κ3) is 23.6. The van der Waals surface area contributed by atoms with Crippen LogP contribution in [0.5, 0.6) is 11.5 Å². The number of nitrogens with one attached hydrogen (secondary N) is 7. The topological polar surface area (TPSA) is 170 Å². The molecule has 2 unspecified atom stereocenters. The van der Waals surface area contributed by atoms with E-state index in [-0.39, 0.29) is 5.69 Å². The molecule has 24 rings (SSSR count). The second-order valence-electron chi connectivity index (χ2n) is 41.9. The summed E-state index contributed by atoms with van der Waals surface area (Å²) in [5.74, 6) is 0.387. The van der Waals surface area contributed by atoms with Gasteiger partial charge in [-0.3, -0.25) is 0 Å². The highest BCUT2D eigenvalue weighted by Gasteiger charge is 2.31. The molecule has 0 bridgehead atoms. The van der Waals surface area contributed by atoms with Gasteiger partial charge in [-0.1, -0.05) is 60.7 Å². The average molecular weight is 1930 g/mol. The van der Waals surface area contributed by atoms with Crippen LogP contribution in [0, 0.1) is 17.5 Å². The van der Waals surface area contributed by atoms with Crippen LogP contribution in [0.25, 0.3) is 54.5 Å². The van der Waals surface area contributed by atoms with Crippen molar-refractivity contribution in [3.8, 4) is 11.5 Å². The van der Waals surface area contributed by atoms with E-state index in [0.29, 0.717) is 54.8 Å². The fraction of sp³-hybridized carbons (Fsp3) is 0.412. The summed E-state index contributed by atoms with van der Waals surface area (Å²) in [4.78, 5) is 35.8. The Morgan fingerprint density at radius 3 is 1.30 bits per heavy atom. The van der Waals surface area contributed by atoms with Gasteiger partial charge in [0.15, 0.2) is 23.1 Å². The van der Waals surface area contributed by atoms with Crippen molar-refractivity contribution in [2.75, 3.05) is 218 Å². The average Bonchev–Trinajstić information content (AvgIpc) is 1.63. The maximum absolute atomic E-state index is 13.8. The van der Waals surface area contributed by atoms with E-state index < -0.39 is 17.5 Å². The second kappa shape index (κ2) is 45.0. The minimum Gasteiger partial charge on any atom is -0.490 e. The van der Waals surface area contributed by atoms with Crippen LogP contribution < -0.4 is 40.1 Å². The molecular formula is C119H144F3N17O4. The zero-order valence-corrected chi connectivity index (χ0v) is 85.1. The van der Waals surface area contributed by atoms with Crippen LogP contribution in [-0.2, 0) is 55.0 Å². The number of aromatic nitrogens is 5. The summed E-state index contributed by atoms with van der Waals surface area (Å²) in [6.45, 7) is 20.1. The van der Waals surface area contributed by atoms with Crippen molar-refractivity contribution in [2.45, 2.75) is 126 Å². The maximum atomic E-state index is 13.8. The van der Waals surface area contributed by atoms with Gasteiger partial charge in [0.05, 0.1) is 50.8 Å². The molecule has 5 aromatic heterocycles. The molecular weight excluding hydrogens is 1790 g/mol. The van der Waals surface area contributed by atoms with Crippen molar-refractivity contribution in [1.82, 2.24) is 53.9 Å².